The molecule has 1 amide bonds. The highest BCUT2D eigenvalue weighted by molar-refractivity contribution is 6.30. The van der Waals surface area contributed by atoms with Crippen molar-refractivity contribution in [1.82, 2.24) is 24.8 Å². The number of nitrogens with one attached hydrogen (secondary N) is 2. The van der Waals surface area contributed by atoms with Gasteiger partial charge in [-0.15, -0.1) is 0 Å². The molecule has 1 aliphatic heterocycles. The largest absolute Gasteiger partial charge is 0.355 e. The first-order valence-corrected chi connectivity index (χ1v) is 10.5. The van der Waals surface area contributed by atoms with Gasteiger partial charge in [0.15, 0.2) is 0 Å². The highest BCUT2D eigenvalue weighted by Crippen LogP contribution is 2.32. The fraction of sp³-hybridized carbons (Fsp3) is 0.364. The van der Waals surface area contributed by atoms with Crippen molar-refractivity contribution in [1.29, 1.82) is 0 Å². The molecule has 0 spiro atoms. The van der Waals surface area contributed by atoms with Crippen molar-refractivity contribution in [2.75, 3.05) is 11.9 Å². The van der Waals surface area contributed by atoms with Gasteiger partial charge in [-0.25, -0.2) is 19.3 Å². The minimum Gasteiger partial charge on any atom is -0.355 e. The van der Waals surface area contributed by atoms with Gasteiger partial charge >= 0.3 is 0 Å². The van der Waals surface area contributed by atoms with Crippen LogP contribution in [-0.4, -0.2) is 38.1 Å². The van der Waals surface area contributed by atoms with Crippen molar-refractivity contribution in [3.05, 3.63) is 65.0 Å². The van der Waals surface area contributed by atoms with E-state index in [9.17, 15) is 9.18 Å². The molecule has 4 atom stereocenters. The lowest BCUT2D eigenvalue weighted by molar-refractivity contribution is -0.121. The summed E-state index contributed by atoms with van der Waals surface area (Å²) in [6.45, 7) is 5.67. The van der Waals surface area contributed by atoms with Crippen LogP contribution in [0.25, 0.3) is 5.69 Å². The molecule has 1 saturated heterocycles. The molecule has 2 aromatic heterocycles. The number of alkyl halides is 1. The Morgan fingerprint density at radius 3 is 2.68 bits per heavy atom. The average Bonchev–Trinajstić information content (AvgIpc) is 3.32. The second kappa shape index (κ2) is 8.63. The van der Waals surface area contributed by atoms with Crippen LogP contribution in [-0.2, 0) is 4.79 Å². The zero-order valence-electron chi connectivity index (χ0n) is 17.5. The molecule has 1 fully saturated rings. The Morgan fingerprint density at radius 2 is 1.97 bits per heavy atom. The highest BCUT2D eigenvalue weighted by atomic mass is 35.5. The minimum absolute atomic E-state index is 0.184. The van der Waals surface area contributed by atoms with Gasteiger partial charge in [0, 0.05) is 35.6 Å². The Hall–Kier alpha value is -3.00. The fourth-order valence-electron chi connectivity index (χ4n) is 3.87. The van der Waals surface area contributed by atoms with Gasteiger partial charge in [-0.2, -0.15) is 0 Å². The number of rotatable bonds is 6. The van der Waals surface area contributed by atoms with Crippen LogP contribution < -0.4 is 10.6 Å². The third kappa shape index (κ3) is 4.39. The maximum Gasteiger partial charge on any atom is 0.229 e. The van der Waals surface area contributed by atoms with E-state index >= 15 is 0 Å². The van der Waals surface area contributed by atoms with Crippen LogP contribution in [0, 0.1) is 12.8 Å². The molecule has 3 aromatic rings. The van der Waals surface area contributed by atoms with Crippen molar-refractivity contribution in [3.63, 3.8) is 0 Å². The molecule has 9 heteroatoms. The van der Waals surface area contributed by atoms with Crippen molar-refractivity contribution in [3.8, 4) is 5.69 Å². The molecule has 162 valence electrons. The molecular formula is C22H24ClFN6O. The molecular weight excluding hydrogens is 419 g/mol. The number of hydrogen-bond acceptors (Lipinski definition) is 5. The topological polar surface area (TPSA) is 84.7 Å². The number of hydrogen-bond donors (Lipinski definition) is 2. The predicted octanol–water partition coefficient (Wildman–Crippen LogP) is 3.98. The van der Waals surface area contributed by atoms with E-state index in [-0.39, 0.29) is 11.9 Å². The SMILES string of the molecule is Cc1nc([C@H](C)Nc2nccc([C@@H]3C(=O)NCC3[C@H](C)F)n2)cn1-c1ccc(Cl)cc1. The molecule has 4 rings (SSSR count). The van der Waals surface area contributed by atoms with Crippen molar-refractivity contribution in [2.45, 2.75) is 38.9 Å². The third-order valence-electron chi connectivity index (χ3n) is 5.60. The quantitative estimate of drug-likeness (QED) is 0.603. The van der Waals surface area contributed by atoms with E-state index in [0.29, 0.717) is 23.2 Å². The number of imidazole rings is 1. The summed E-state index contributed by atoms with van der Waals surface area (Å²) in [6, 6.07) is 9.01. The fourth-order valence-corrected chi connectivity index (χ4v) is 4.00. The number of carbonyl (C=O) groups excluding carboxylic acids is 1. The zero-order valence-corrected chi connectivity index (χ0v) is 18.3. The van der Waals surface area contributed by atoms with Gasteiger partial charge in [-0.1, -0.05) is 11.6 Å². The summed E-state index contributed by atoms with van der Waals surface area (Å²) in [5.74, 6) is -0.0585. The standard InChI is InChI=1S/C22H24ClFN6O/c1-12(24)17-10-26-21(31)20(17)18-8-9-25-22(29-18)27-13(2)19-11-30(14(3)28-19)16-6-4-15(23)5-7-16/h4-9,11-13,17,20H,10H2,1-3H3,(H,26,31)(H,25,27,29)/t12-,13-,17?,20+/m0/s1. The molecule has 7 nitrogen and oxygen atoms in total. The summed E-state index contributed by atoms with van der Waals surface area (Å²) in [7, 11) is 0. The van der Waals surface area contributed by atoms with E-state index in [4.69, 9.17) is 11.6 Å². The van der Waals surface area contributed by atoms with Gasteiger partial charge in [0.1, 0.15) is 12.0 Å². The molecule has 0 saturated carbocycles. The van der Waals surface area contributed by atoms with Crippen molar-refractivity contribution in [2.24, 2.45) is 5.92 Å². The number of benzene rings is 1. The first-order valence-electron chi connectivity index (χ1n) is 10.2. The highest BCUT2D eigenvalue weighted by Gasteiger charge is 2.40. The van der Waals surface area contributed by atoms with Crippen LogP contribution >= 0.6 is 11.6 Å². The summed E-state index contributed by atoms with van der Waals surface area (Å²) in [5, 5.41) is 6.65. The molecule has 0 bridgehead atoms. The van der Waals surface area contributed by atoms with E-state index in [1.54, 1.807) is 12.3 Å². The number of nitrogens with zero attached hydrogens (tertiary/aromatic N) is 4. The number of amides is 1. The molecule has 1 aliphatic rings. The van der Waals surface area contributed by atoms with Gasteiger partial charge in [0.05, 0.1) is 23.3 Å². The van der Waals surface area contributed by atoms with Gasteiger partial charge in [0.25, 0.3) is 0 Å². The smallest absolute Gasteiger partial charge is 0.229 e. The van der Waals surface area contributed by atoms with E-state index < -0.39 is 18.0 Å². The van der Waals surface area contributed by atoms with E-state index in [1.807, 2.05) is 48.9 Å². The lowest BCUT2D eigenvalue weighted by Crippen LogP contribution is -2.23. The maximum absolute atomic E-state index is 14.0. The Balaban J connectivity index is 1.54. The third-order valence-corrected chi connectivity index (χ3v) is 5.86. The molecule has 0 radical (unpaired) electrons. The second-order valence-electron chi connectivity index (χ2n) is 7.79. The Bertz CT molecular complexity index is 1080. The van der Waals surface area contributed by atoms with E-state index in [0.717, 1.165) is 17.2 Å². The number of anilines is 1. The average molecular weight is 443 g/mol. The molecule has 0 aliphatic carbocycles. The number of halogens is 2. The van der Waals surface area contributed by atoms with E-state index in [1.165, 1.54) is 6.92 Å². The Morgan fingerprint density at radius 1 is 1.23 bits per heavy atom. The molecule has 1 unspecified atom stereocenters. The van der Waals surface area contributed by atoms with Crippen molar-refractivity contribution >= 4 is 23.5 Å². The number of aryl methyl sites for hydroxylation is 1. The van der Waals surface area contributed by atoms with E-state index in [2.05, 4.69) is 25.6 Å². The maximum atomic E-state index is 14.0. The number of aromatic nitrogens is 4. The summed E-state index contributed by atoms with van der Waals surface area (Å²) >= 11 is 5.99. The molecule has 2 N–H and O–H groups in total. The van der Waals surface area contributed by atoms with Crippen LogP contribution in [0.5, 0.6) is 0 Å². The summed E-state index contributed by atoms with van der Waals surface area (Å²) in [4.78, 5) is 25.7. The van der Waals surface area contributed by atoms with Gasteiger partial charge in [-0.05, 0) is 51.1 Å². The zero-order chi connectivity index (χ0) is 22.1. The van der Waals surface area contributed by atoms with Gasteiger partial charge < -0.3 is 15.2 Å². The first-order chi connectivity index (χ1) is 14.8. The van der Waals surface area contributed by atoms with Crippen molar-refractivity contribution < 1.29 is 9.18 Å². The second-order valence-corrected chi connectivity index (χ2v) is 8.23. The van der Waals surface area contributed by atoms with Crippen LogP contribution in [0.3, 0.4) is 0 Å². The summed E-state index contributed by atoms with van der Waals surface area (Å²) in [6.07, 6.45) is 2.42. The monoisotopic (exact) mass is 442 g/mol. The van der Waals surface area contributed by atoms with Crippen LogP contribution in [0.15, 0.2) is 42.7 Å². The normalized spacial score (nSPS) is 20.4. The molecule has 1 aromatic carbocycles. The first kappa shape index (κ1) is 21.2. The van der Waals surface area contributed by atoms with Gasteiger partial charge in [0.2, 0.25) is 11.9 Å². The molecule has 31 heavy (non-hydrogen) atoms. The van der Waals surface area contributed by atoms with Crippen LogP contribution in [0.2, 0.25) is 5.02 Å². The summed E-state index contributed by atoms with van der Waals surface area (Å²) in [5.41, 5.74) is 2.29. The lowest BCUT2D eigenvalue weighted by Gasteiger charge is -2.18. The Labute approximate surface area is 185 Å². The predicted molar refractivity (Wildman–Crippen MR) is 117 cm³/mol. The minimum atomic E-state index is -1.12. The number of carbonyl (C=O) groups is 1. The van der Waals surface area contributed by atoms with Crippen LogP contribution in [0.4, 0.5) is 10.3 Å². The van der Waals surface area contributed by atoms with Gasteiger partial charge in [-0.3, -0.25) is 4.79 Å². The summed E-state index contributed by atoms with van der Waals surface area (Å²) < 4.78 is 16.0. The lowest BCUT2D eigenvalue weighted by atomic mass is 9.89. The van der Waals surface area contributed by atoms with Crippen LogP contribution in [0.1, 0.15) is 43.0 Å². The molecule has 3 heterocycles. The Kier molecular flexibility index (Phi) is 5.91.